The lowest BCUT2D eigenvalue weighted by Crippen LogP contribution is -2.29. The maximum absolute atomic E-state index is 12.7. The Hall–Kier alpha value is -1.87. The molecule has 0 saturated heterocycles. The number of hydrogen-bond donors (Lipinski definition) is 0. The highest BCUT2D eigenvalue weighted by molar-refractivity contribution is 5.99. The molecule has 1 heterocycles. The second-order valence-corrected chi connectivity index (χ2v) is 6.97. The maximum atomic E-state index is 12.7. The smallest absolute Gasteiger partial charge is 0.178 e. The van der Waals surface area contributed by atoms with Crippen LogP contribution in [0.15, 0.2) is 30.3 Å². The zero-order valence-electron chi connectivity index (χ0n) is 15.2. The third kappa shape index (κ3) is 4.11. The molecule has 3 nitrogen and oxygen atoms in total. The molecule has 0 radical (unpaired) electrons. The summed E-state index contributed by atoms with van der Waals surface area (Å²) in [6.07, 6.45) is 0. The van der Waals surface area contributed by atoms with Gasteiger partial charge in [-0.15, -0.1) is 0 Å². The normalized spacial score (nSPS) is 11.5. The van der Waals surface area contributed by atoms with E-state index in [-0.39, 0.29) is 5.78 Å². The van der Waals surface area contributed by atoms with Gasteiger partial charge < -0.3 is 4.57 Å². The standard InChI is InChI=1S/C20H28N2O/c1-14(2)12-21(6)13-20(23)19-11-16(4)22(17(19)5)18-9-7-15(3)8-10-18/h7-11,14H,12-13H2,1-6H3. The van der Waals surface area contributed by atoms with Gasteiger partial charge in [-0.1, -0.05) is 31.5 Å². The first-order chi connectivity index (χ1) is 10.8. The summed E-state index contributed by atoms with van der Waals surface area (Å²) in [5.74, 6) is 0.757. The zero-order chi connectivity index (χ0) is 17.1. The fraction of sp³-hybridized carbons (Fsp3) is 0.450. The van der Waals surface area contributed by atoms with Crippen molar-refractivity contribution in [3.63, 3.8) is 0 Å². The van der Waals surface area contributed by atoms with E-state index in [1.165, 1.54) is 5.56 Å². The predicted octanol–water partition coefficient (Wildman–Crippen LogP) is 4.17. The first-order valence-electron chi connectivity index (χ1n) is 8.27. The van der Waals surface area contributed by atoms with Crippen molar-refractivity contribution in [2.24, 2.45) is 5.92 Å². The van der Waals surface area contributed by atoms with Crippen LogP contribution in [-0.2, 0) is 0 Å². The highest BCUT2D eigenvalue weighted by Gasteiger charge is 2.18. The number of rotatable bonds is 6. The number of benzene rings is 1. The molecule has 0 aliphatic heterocycles. The van der Waals surface area contributed by atoms with E-state index in [0.717, 1.165) is 29.2 Å². The van der Waals surface area contributed by atoms with Crippen molar-refractivity contribution in [2.75, 3.05) is 20.1 Å². The number of aromatic nitrogens is 1. The van der Waals surface area contributed by atoms with Crippen LogP contribution in [0.1, 0.15) is 41.2 Å². The molecule has 0 spiro atoms. The molecule has 0 bridgehead atoms. The molecular formula is C20H28N2O. The summed E-state index contributed by atoms with van der Waals surface area (Å²) in [5, 5.41) is 0. The van der Waals surface area contributed by atoms with Crippen molar-refractivity contribution in [3.8, 4) is 5.69 Å². The molecule has 0 unspecified atom stereocenters. The van der Waals surface area contributed by atoms with Gasteiger partial charge in [0.05, 0.1) is 6.54 Å². The topological polar surface area (TPSA) is 25.2 Å². The van der Waals surface area contributed by atoms with Crippen LogP contribution < -0.4 is 0 Å². The number of hydrogen-bond acceptors (Lipinski definition) is 2. The quantitative estimate of drug-likeness (QED) is 0.748. The van der Waals surface area contributed by atoms with Crippen LogP contribution in [0.25, 0.3) is 5.69 Å². The van der Waals surface area contributed by atoms with E-state index in [1.807, 2.05) is 20.0 Å². The Kier molecular flexibility index (Phi) is 5.42. The van der Waals surface area contributed by atoms with Crippen LogP contribution >= 0.6 is 0 Å². The van der Waals surface area contributed by atoms with Crippen molar-refractivity contribution in [2.45, 2.75) is 34.6 Å². The number of likely N-dealkylation sites (N-methyl/N-ethyl adjacent to an activating group) is 1. The van der Waals surface area contributed by atoms with Gasteiger partial charge in [0.1, 0.15) is 0 Å². The molecule has 1 aromatic heterocycles. The molecule has 0 fully saturated rings. The molecule has 0 atom stereocenters. The van der Waals surface area contributed by atoms with Gasteiger partial charge in [-0.3, -0.25) is 9.69 Å². The lowest BCUT2D eigenvalue weighted by Gasteiger charge is -2.18. The Balaban J connectivity index is 2.26. The maximum Gasteiger partial charge on any atom is 0.178 e. The molecule has 0 N–H and O–H groups in total. The van der Waals surface area contributed by atoms with Gasteiger partial charge in [0.15, 0.2) is 5.78 Å². The van der Waals surface area contributed by atoms with E-state index < -0.39 is 0 Å². The minimum absolute atomic E-state index is 0.194. The zero-order valence-corrected chi connectivity index (χ0v) is 15.2. The van der Waals surface area contributed by atoms with Crippen molar-refractivity contribution in [1.82, 2.24) is 9.47 Å². The van der Waals surface area contributed by atoms with Crippen molar-refractivity contribution >= 4 is 5.78 Å². The van der Waals surface area contributed by atoms with Crippen LogP contribution in [0.2, 0.25) is 0 Å². The van der Waals surface area contributed by atoms with Gasteiger partial charge in [0.2, 0.25) is 0 Å². The number of carbonyl (C=O) groups excluding carboxylic acids is 1. The minimum atomic E-state index is 0.194. The molecule has 1 aromatic carbocycles. The summed E-state index contributed by atoms with van der Waals surface area (Å²) in [6, 6.07) is 10.4. The average Bonchev–Trinajstić information content (AvgIpc) is 2.74. The number of aryl methyl sites for hydroxylation is 2. The van der Waals surface area contributed by atoms with Crippen molar-refractivity contribution in [3.05, 3.63) is 52.8 Å². The van der Waals surface area contributed by atoms with Gasteiger partial charge in [-0.25, -0.2) is 0 Å². The molecule has 124 valence electrons. The Morgan fingerprint density at radius 1 is 1.13 bits per heavy atom. The molecule has 0 saturated carbocycles. The van der Waals surface area contributed by atoms with E-state index in [2.05, 4.69) is 61.4 Å². The Labute approximate surface area is 139 Å². The monoisotopic (exact) mass is 312 g/mol. The van der Waals surface area contributed by atoms with Crippen LogP contribution in [0.3, 0.4) is 0 Å². The average molecular weight is 312 g/mol. The Morgan fingerprint density at radius 2 is 1.74 bits per heavy atom. The van der Waals surface area contributed by atoms with E-state index in [9.17, 15) is 4.79 Å². The van der Waals surface area contributed by atoms with Crippen LogP contribution in [-0.4, -0.2) is 35.4 Å². The second-order valence-electron chi connectivity index (χ2n) is 6.97. The van der Waals surface area contributed by atoms with Crippen LogP contribution in [0.4, 0.5) is 0 Å². The highest BCUT2D eigenvalue weighted by Crippen LogP contribution is 2.21. The van der Waals surface area contributed by atoms with E-state index >= 15 is 0 Å². The molecule has 3 heteroatoms. The summed E-state index contributed by atoms with van der Waals surface area (Å²) in [4.78, 5) is 14.8. The van der Waals surface area contributed by atoms with Crippen molar-refractivity contribution < 1.29 is 4.79 Å². The van der Waals surface area contributed by atoms with E-state index in [0.29, 0.717) is 12.5 Å². The van der Waals surface area contributed by atoms with Crippen molar-refractivity contribution in [1.29, 1.82) is 0 Å². The lowest BCUT2D eigenvalue weighted by molar-refractivity contribution is 0.0940. The number of carbonyl (C=O) groups is 1. The first-order valence-corrected chi connectivity index (χ1v) is 8.27. The number of Topliss-reactive ketones (excluding diaryl/α,β-unsaturated/α-hetero) is 1. The summed E-state index contributed by atoms with van der Waals surface area (Å²) >= 11 is 0. The number of ketones is 1. The molecule has 0 aliphatic carbocycles. The van der Waals surface area contributed by atoms with Gasteiger partial charge >= 0.3 is 0 Å². The molecule has 2 aromatic rings. The van der Waals surface area contributed by atoms with Crippen LogP contribution in [0.5, 0.6) is 0 Å². The SMILES string of the molecule is Cc1ccc(-n2c(C)cc(C(=O)CN(C)CC(C)C)c2C)cc1. The fourth-order valence-electron chi connectivity index (χ4n) is 3.15. The summed E-state index contributed by atoms with van der Waals surface area (Å²) < 4.78 is 2.16. The first kappa shape index (κ1) is 17.5. The predicted molar refractivity (Wildman–Crippen MR) is 96.6 cm³/mol. The largest absolute Gasteiger partial charge is 0.318 e. The second kappa shape index (κ2) is 7.14. The summed E-state index contributed by atoms with van der Waals surface area (Å²) in [5.41, 5.74) is 5.30. The van der Waals surface area contributed by atoms with Gasteiger partial charge in [0.25, 0.3) is 0 Å². The third-order valence-electron chi connectivity index (χ3n) is 4.11. The Bertz CT molecular complexity index is 680. The van der Waals surface area contributed by atoms with Crippen LogP contribution in [0, 0.1) is 26.7 Å². The Morgan fingerprint density at radius 3 is 2.30 bits per heavy atom. The molecule has 23 heavy (non-hydrogen) atoms. The van der Waals surface area contributed by atoms with Gasteiger partial charge in [0, 0.05) is 29.2 Å². The van der Waals surface area contributed by atoms with Gasteiger partial charge in [-0.2, -0.15) is 0 Å². The number of nitrogens with zero attached hydrogens (tertiary/aromatic N) is 2. The molecule has 0 aliphatic rings. The molecule has 2 rings (SSSR count). The molecular weight excluding hydrogens is 284 g/mol. The fourth-order valence-corrected chi connectivity index (χ4v) is 3.15. The highest BCUT2D eigenvalue weighted by atomic mass is 16.1. The molecule has 0 amide bonds. The van der Waals surface area contributed by atoms with E-state index in [1.54, 1.807) is 0 Å². The summed E-state index contributed by atoms with van der Waals surface area (Å²) in [7, 11) is 2.01. The lowest BCUT2D eigenvalue weighted by atomic mass is 10.1. The summed E-state index contributed by atoms with van der Waals surface area (Å²) in [6.45, 7) is 11.9. The third-order valence-corrected chi connectivity index (χ3v) is 4.11. The van der Waals surface area contributed by atoms with Gasteiger partial charge in [-0.05, 0) is 51.9 Å². The minimum Gasteiger partial charge on any atom is -0.318 e. The van der Waals surface area contributed by atoms with E-state index in [4.69, 9.17) is 0 Å².